The summed E-state index contributed by atoms with van der Waals surface area (Å²) in [6.07, 6.45) is 4.29. The minimum absolute atomic E-state index is 0.0597. The first-order valence-corrected chi connectivity index (χ1v) is 7.35. The van der Waals surface area contributed by atoms with Crippen LogP contribution in [0.2, 0.25) is 0 Å². The molecule has 1 aliphatic carbocycles. The lowest BCUT2D eigenvalue weighted by Gasteiger charge is -2.32. The van der Waals surface area contributed by atoms with Crippen LogP contribution in [0.25, 0.3) is 0 Å². The van der Waals surface area contributed by atoms with E-state index in [1.54, 1.807) is 6.07 Å². The molecule has 2 N–H and O–H groups in total. The standard InChI is InChI=1S/C14H21N3O3/c18-7-8-20-11-3-5-17(6-4-11)12-9-13(19)16-14(15-12)10-1-2-10/h9-11,18H,1-8H2,(H,15,16,19). The molecule has 6 heteroatoms. The molecule has 0 radical (unpaired) electrons. The lowest BCUT2D eigenvalue weighted by atomic mass is 10.1. The first-order chi connectivity index (χ1) is 9.76. The fourth-order valence-corrected chi connectivity index (χ4v) is 2.65. The number of H-pyrrole nitrogens is 1. The van der Waals surface area contributed by atoms with Crippen molar-refractivity contribution < 1.29 is 9.84 Å². The van der Waals surface area contributed by atoms with Gasteiger partial charge in [0.2, 0.25) is 0 Å². The second-order valence-corrected chi connectivity index (χ2v) is 5.54. The van der Waals surface area contributed by atoms with E-state index in [4.69, 9.17) is 9.84 Å². The van der Waals surface area contributed by atoms with Crippen LogP contribution in [0.4, 0.5) is 5.82 Å². The Morgan fingerprint density at radius 2 is 2.10 bits per heavy atom. The summed E-state index contributed by atoms with van der Waals surface area (Å²) in [6, 6.07) is 1.58. The Labute approximate surface area is 117 Å². The van der Waals surface area contributed by atoms with E-state index >= 15 is 0 Å². The second-order valence-electron chi connectivity index (χ2n) is 5.54. The summed E-state index contributed by atoms with van der Waals surface area (Å²) in [7, 11) is 0. The molecule has 1 aromatic heterocycles. The third-order valence-electron chi connectivity index (χ3n) is 3.92. The summed E-state index contributed by atoms with van der Waals surface area (Å²) in [5, 5.41) is 8.76. The number of nitrogens with zero attached hydrogens (tertiary/aromatic N) is 2. The molecule has 0 aromatic carbocycles. The highest BCUT2D eigenvalue weighted by Crippen LogP contribution is 2.38. The zero-order chi connectivity index (χ0) is 13.9. The molecule has 0 bridgehead atoms. The highest BCUT2D eigenvalue weighted by molar-refractivity contribution is 5.38. The van der Waals surface area contributed by atoms with Crippen molar-refractivity contribution in [2.24, 2.45) is 0 Å². The quantitative estimate of drug-likeness (QED) is 0.826. The van der Waals surface area contributed by atoms with Crippen LogP contribution in [0, 0.1) is 0 Å². The number of hydrogen-bond acceptors (Lipinski definition) is 5. The maximum absolute atomic E-state index is 11.7. The molecule has 2 fully saturated rings. The van der Waals surface area contributed by atoms with E-state index < -0.39 is 0 Å². The number of rotatable bonds is 5. The molecule has 0 spiro atoms. The minimum atomic E-state index is -0.0597. The van der Waals surface area contributed by atoms with E-state index in [1.165, 1.54) is 0 Å². The summed E-state index contributed by atoms with van der Waals surface area (Å²) in [6.45, 7) is 2.16. The molecule has 3 rings (SSSR count). The summed E-state index contributed by atoms with van der Waals surface area (Å²) in [5.74, 6) is 2.08. The third kappa shape index (κ3) is 3.19. The zero-order valence-electron chi connectivity index (χ0n) is 11.5. The molecule has 6 nitrogen and oxygen atoms in total. The van der Waals surface area contributed by atoms with E-state index in [2.05, 4.69) is 14.9 Å². The number of piperidine rings is 1. The van der Waals surface area contributed by atoms with Crippen molar-refractivity contribution in [3.63, 3.8) is 0 Å². The fraction of sp³-hybridized carbons (Fsp3) is 0.714. The Hall–Kier alpha value is -1.40. The van der Waals surface area contributed by atoms with Crippen molar-refractivity contribution in [1.29, 1.82) is 0 Å². The zero-order valence-corrected chi connectivity index (χ0v) is 11.5. The van der Waals surface area contributed by atoms with Crippen LogP contribution in [0.1, 0.15) is 37.4 Å². The van der Waals surface area contributed by atoms with Gasteiger partial charge in [0.1, 0.15) is 11.6 Å². The lowest BCUT2D eigenvalue weighted by Crippen LogP contribution is -2.38. The van der Waals surface area contributed by atoms with Crippen molar-refractivity contribution >= 4 is 5.82 Å². The van der Waals surface area contributed by atoms with Crippen molar-refractivity contribution in [2.45, 2.75) is 37.7 Å². The van der Waals surface area contributed by atoms with Gasteiger partial charge in [0, 0.05) is 25.1 Å². The van der Waals surface area contributed by atoms with Gasteiger partial charge in [-0.15, -0.1) is 0 Å². The summed E-state index contributed by atoms with van der Waals surface area (Å²) < 4.78 is 5.55. The Morgan fingerprint density at radius 3 is 2.75 bits per heavy atom. The highest BCUT2D eigenvalue weighted by Gasteiger charge is 2.28. The molecule has 1 saturated heterocycles. The van der Waals surface area contributed by atoms with Gasteiger partial charge < -0.3 is 19.7 Å². The largest absolute Gasteiger partial charge is 0.394 e. The van der Waals surface area contributed by atoms with Crippen LogP contribution in [0.5, 0.6) is 0 Å². The van der Waals surface area contributed by atoms with Crippen molar-refractivity contribution in [3.8, 4) is 0 Å². The predicted molar refractivity (Wildman–Crippen MR) is 75.1 cm³/mol. The van der Waals surface area contributed by atoms with Gasteiger partial charge in [-0.1, -0.05) is 0 Å². The summed E-state index contributed by atoms with van der Waals surface area (Å²) in [5.41, 5.74) is -0.0597. The average Bonchev–Trinajstić information content (AvgIpc) is 3.29. The molecule has 0 amide bonds. The molecule has 20 heavy (non-hydrogen) atoms. The van der Waals surface area contributed by atoms with Crippen molar-refractivity contribution in [1.82, 2.24) is 9.97 Å². The molecule has 1 aliphatic heterocycles. The number of nitrogens with one attached hydrogen (secondary N) is 1. The monoisotopic (exact) mass is 279 g/mol. The number of aromatic amines is 1. The molecule has 2 heterocycles. The molecular weight excluding hydrogens is 258 g/mol. The van der Waals surface area contributed by atoms with Crippen LogP contribution >= 0.6 is 0 Å². The molecular formula is C14H21N3O3. The second kappa shape index (κ2) is 5.93. The van der Waals surface area contributed by atoms with Crippen molar-refractivity contribution in [3.05, 3.63) is 22.2 Å². The van der Waals surface area contributed by atoms with Gasteiger partial charge in [0.15, 0.2) is 0 Å². The van der Waals surface area contributed by atoms with Gasteiger partial charge in [-0.3, -0.25) is 4.79 Å². The van der Waals surface area contributed by atoms with E-state index in [9.17, 15) is 4.79 Å². The number of aromatic nitrogens is 2. The minimum Gasteiger partial charge on any atom is -0.394 e. The highest BCUT2D eigenvalue weighted by atomic mass is 16.5. The Kier molecular flexibility index (Phi) is 4.03. The fourth-order valence-electron chi connectivity index (χ4n) is 2.65. The smallest absolute Gasteiger partial charge is 0.252 e. The molecule has 1 saturated carbocycles. The predicted octanol–water partition coefficient (Wildman–Crippen LogP) is 0.625. The average molecular weight is 279 g/mol. The van der Waals surface area contributed by atoms with Gasteiger partial charge >= 0.3 is 0 Å². The van der Waals surface area contributed by atoms with E-state index in [0.717, 1.165) is 50.4 Å². The molecule has 110 valence electrons. The van der Waals surface area contributed by atoms with Crippen LogP contribution < -0.4 is 10.5 Å². The number of ether oxygens (including phenoxy) is 1. The van der Waals surface area contributed by atoms with E-state index in [1.807, 2.05) is 0 Å². The van der Waals surface area contributed by atoms with E-state index in [-0.39, 0.29) is 18.3 Å². The Balaban J connectivity index is 1.64. The van der Waals surface area contributed by atoms with E-state index in [0.29, 0.717) is 12.5 Å². The number of aliphatic hydroxyl groups excluding tert-OH is 1. The molecule has 1 aromatic rings. The SMILES string of the molecule is O=c1cc(N2CCC(OCCO)CC2)nc(C2CC2)[nH]1. The number of hydrogen-bond donors (Lipinski definition) is 2. The topological polar surface area (TPSA) is 78.5 Å². The summed E-state index contributed by atoms with van der Waals surface area (Å²) >= 11 is 0. The van der Waals surface area contributed by atoms with Gasteiger partial charge in [-0.05, 0) is 25.7 Å². The molecule has 0 unspecified atom stereocenters. The summed E-state index contributed by atoms with van der Waals surface area (Å²) in [4.78, 5) is 21.3. The van der Waals surface area contributed by atoms with Crippen LogP contribution in [-0.4, -0.2) is 47.5 Å². The van der Waals surface area contributed by atoms with Crippen LogP contribution in [-0.2, 0) is 4.74 Å². The maximum Gasteiger partial charge on any atom is 0.252 e. The first-order valence-electron chi connectivity index (χ1n) is 7.35. The Bertz CT molecular complexity index is 505. The molecule has 2 aliphatic rings. The van der Waals surface area contributed by atoms with Gasteiger partial charge in [0.25, 0.3) is 5.56 Å². The van der Waals surface area contributed by atoms with Crippen LogP contribution in [0.3, 0.4) is 0 Å². The van der Waals surface area contributed by atoms with Gasteiger partial charge in [0.05, 0.1) is 19.3 Å². The maximum atomic E-state index is 11.7. The van der Waals surface area contributed by atoms with Gasteiger partial charge in [-0.2, -0.15) is 0 Å². The normalized spacial score (nSPS) is 20.4. The lowest BCUT2D eigenvalue weighted by molar-refractivity contribution is 0.0158. The third-order valence-corrected chi connectivity index (χ3v) is 3.92. The van der Waals surface area contributed by atoms with Crippen molar-refractivity contribution in [2.75, 3.05) is 31.2 Å². The first kappa shape index (κ1) is 13.6. The molecule has 0 atom stereocenters. The van der Waals surface area contributed by atoms with Gasteiger partial charge in [-0.25, -0.2) is 4.98 Å². The number of anilines is 1. The van der Waals surface area contributed by atoms with Crippen LogP contribution in [0.15, 0.2) is 10.9 Å². The Morgan fingerprint density at radius 1 is 1.35 bits per heavy atom. The number of aliphatic hydroxyl groups is 1.